The van der Waals surface area contributed by atoms with Gasteiger partial charge >= 0.3 is 0 Å². The summed E-state index contributed by atoms with van der Waals surface area (Å²) in [7, 11) is 2.28. The topological polar surface area (TPSA) is 3.24 Å². The lowest BCUT2D eigenvalue weighted by molar-refractivity contribution is 0.141. The van der Waals surface area contributed by atoms with Crippen LogP contribution in [0.25, 0.3) is 0 Å². The minimum atomic E-state index is 0.498. The molecule has 1 nitrogen and oxygen atoms in total. The monoisotopic (exact) mass is 243 g/mol. The summed E-state index contributed by atoms with van der Waals surface area (Å²) in [5.74, 6) is 1.06. The van der Waals surface area contributed by atoms with Gasteiger partial charge in [-0.15, -0.1) is 0 Å². The van der Waals surface area contributed by atoms with Gasteiger partial charge in [-0.3, -0.25) is 0 Å². The zero-order valence-electron chi connectivity index (χ0n) is 11.3. The molecule has 16 heavy (non-hydrogen) atoms. The Morgan fingerprint density at radius 1 is 1.19 bits per heavy atom. The van der Waals surface area contributed by atoms with Gasteiger partial charge in [0.05, 0.1) is 0 Å². The molecule has 0 aromatic rings. The van der Waals surface area contributed by atoms with Gasteiger partial charge in [0, 0.05) is 12.6 Å². The fourth-order valence-corrected chi connectivity index (χ4v) is 3.26. The van der Waals surface area contributed by atoms with Crippen LogP contribution >= 0.6 is 12.6 Å². The molecule has 0 heterocycles. The lowest BCUT2D eigenvalue weighted by Gasteiger charge is -2.37. The van der Waals surface area contributed by atoms with Crippen LogP contribution in [-0.2, 0) is 0 Å². The number of nitrogens with zero attached hydrogens (tertiary/aromatic N) is 1. The van der Waals surface area contributed by atoms with Crippen molar-refractivity contribution < 1.29 is 0 Å². The summed E-state index contributed by atoms with van der Waals surface area (Å²) < 4.78 is 0. The fraction of sp³-hybridized carbons (Fsp3) is 1.00. The van der Waals surface area contributed by atoms with Crippen molar-refractivity contribution in [2.45, 2.75) is 64.8 Å². The van der Waals surface area contributed by atoms with Crippen molar-refractivity contribution in [3.05, 3.63) is 0 Å². The van der Waals surface area contributed by atoms with E-state index in [1.165, 1.54) is 51.5 Å². The predicted octanol–water partition coefficient (Wildman–Crippen LogP) is 3.99. The van der Waals surface area contributed by atoms with Crippen molar-refractivity contribution in [1.29, 1.82) is 0 Å². The van der Waals surface area contributed by atoms with E-state index < -0.39 is 0 Å². The Morgan fingerprint density at radius 2 is 1.75 bits per heavy atom. The molecule has 0 saturated heterocycles. The molecule has 1 fully saturated rings. The SMILES string of the molecule is CCC(C)N(C)CC1(CS)CCCCCC1. The highest BCUT2D eigenvalue weighted by Crippen LogP contribution is 2.37. The molecule has 0 amide bonds. The van der Waals surface area contributed by atoms with Crippen LogP contribution < -0.4 is 0 Å². The molecule has 1 unspecified atom stereocenters. The van der Waals surface area contributed by atoms with Crippen LogP contribution in [0.5, 0.6) is 0 Å². The Kier molecular flexibility index (Phi) is 6.20. The smallest absolute Gasteiger partial charge is 0.00614 e. The standard InChI is InChI=1S/C14H29NS/c1-4-13(2)15(3)11-14(12-16)9-7-5-6-8-10-14/h13,16H,4-12H2,1-3H3. The zero-order valence-corrected chi connectivity index (χ0v) is 12.2. The Balaban J connectivity index is 2.57. The molecule has 0 radical (unpaired) electrons. The molecule has 1 saturated carbocycles. The molecule has 2 heteroatoms. The van der Waals surface area contributed by atoms with Crippen LogP contribution in [0.2, 0.25) is 0 Å². The average Bonchev–Trinajstić information content (AvgIpc) is 2.54. The maximum Gasteiger partial charge on any atom is 0.00614 e. The van der Waals surface area contributed by atoms with Crippen molar-refractivity contribution in [2.24, 2.45) is 5.41 Å². The van der Waals surface area contributed by atoms with Crippen LogP contribution in [0.15, 0.2) is 0 Å². The molecule has 0 aliphatic heterocycles. The Morgan fingerprint density at radius 3 is 2.19 bits per heavy atom. The lowest BCUT2D eigenvalue weighted by atomic mass is 9.81. The molecule has 0 spiro atoms. The highest BCUT2D eigenvalue weighted by atomic mass is 32.1. The summed E-state index contributed by atoms with van der Waals surface area (Å²) in [6.45, 7) is 5.86. The number of thiol groups is 1. The van der Waals surface area contributed by atoms with E-state index in [0.29, 0.717) is 11.5 Å². The molecule has 0 aromatic carbocycles. The van der Waals surface area contributed by atoms with Crippen LogP contribution in [0.4, 0.5) is 0 Å². The summed E-state index contributed by atoms with van der Waals surface area (Å²) in [6, 6.07) is 0.708. The van der Waals surface area contributed by atoms with Crippen LogP contribution in [0.3, 0.4) is 0 Å². The molecule has 96 valence electrons. The molecule has 0 N–H and O–H groups in total. The highest BCUT2D eigenvalue weighted by molar-refractivity contribution is 7.80. The van der Waals surface area contributed by atoms with E-state index in [-0.39, 0.29) is 0 Å². The first kappa shape index (κ1) is 14.4. The Labute approximate surface area is 107 Å². The van der Waals surface area contributed by atoms with Crippen molar-refractivity contribution >= 4 is 12.6 Å². The number of hydrogen-bond acceptors (Lipinski definition) is 2. The van der Waals surface area contributed by atoms with E-state index in [0.717, 1.165) is 5.75 Å². The van der Waals surface area contributed by atoms with E-state index in [1.807, 2.05) is 0 Å². The van der Waals surface area contributed by atoms with Gasteiger partial charge in [0.1, 0.15) is 0 Å². The van der Waals surface area contributed by atoms with Crippen molar-refractivity contribution in [2.75, 3.05) is 19.3 Å². The van der Waals surface area contributed by atoms with Crippen molar-refractivity contribution in [1.82, 2.24) is 4.90 Å². The van der Waals surface area contributed by atoms with Gasteiger partial charge in [0.25, 0.3) is 0 Å². The molecule has 0 bridgehead atoms. The van der Waals surface area contributed by atoms with Gasteiger partial charge in [-0.05, 0) is 44.4 Å². The molecule has 1 atom stereocenters. The van der Waals surface area contributed by atoms with Crippen LogP contribution in [0, 0.1) is 5.41 Å². The number of rotatable bonds is 5. The second kappa shape index (κ2) is 6.90. The minimum Gasteiger partial charge on any atom is -0.303 e. The van der Waals surface area contributed by atoms with Crippen molar-refractivity contribution in [3.8, 4) is 0 Å². The maximum atomic E-state index is 4.64. The first-order valence-corrected chi connectivity index (χ1v) is 7.58. The largest absolute Gasteiger partial charge is 0.303 e. The molecule has 1 rings (SSSR count). The third kappa shape index (κ3) is 3.96. The molecule has 0 aromatic heterocycles. The third-order valence-electron chi connectivity index (χ3n) is 4.43. The Bertz CT molecular complexity index is 185. The maximum absolute atomic E-state index is 4.64. The van der Waals surface area contributed by atoms with E-state index in [1.54, 1.807) is 0 Å². The summed E-state index contributed by atoms with van der Waals surface area (Å²) in [6.07, 6.45) is 9.71. The molecule has 1 aliphatic carbocycles. The summed E-state index contributed by atoms with van der Waals surface area (Å²) in [5.41, 5.74) is 0.498. The molecular formula is C14H29NS. The van der Waals surface area contributed by atoms with Gasteiger partial charge in [-0.2, -0.15) is 12.6 Å². The van der Waals surface area contributed by atoms with E-state index in [4.69, 9.17) is 0 Å². The normalized spacial score (nSPS) is 23.1. The van der Waals surface area contributed by atoms with E-state index in [2.05, 4.69) is 38.4 Å². The third-order valence-corrected chi connectivity index (χ3v) is 5.10. The first-order valence-electron chi connectivity index (χ1n) is 6.94. The van der Waals surface area contributed by atoms with Gasteiger partial charge in [-0.1, -0.05) is 32.6 Å². The van der Waals surface area contributed by atoms with Gasteiger partial charge in [-0.25, -0.2) is 0 Å². The summed E-state index contributed by atoms with van der Waals surface area (Å²) in [4.78, 5) is 2.54. The van der Waals surface area contributed by atoms with Crippen molar-refractivity contribution in [3.63, 3.8) is 0 Å². The van der Waals surface area contributed by atoms with E-state index >= 15 is 0 Å². The fourth-order valence-electron chi connectivity index (χ4n) is 2.84. The molecule has 1 aliphatic rings. The lowest BCUT2D eigenvalue weighted by Crippen LogP contribution is -2.41. The Hall–Kier alpha value is 0.310. The van der Waals surface area contributed by atoms with E-state index in [9.17, 15) is 0 Å². The quantitative estimate of drug-likeness (QED) is 0.564. The predicted molar refractivity (Wildman–Crippen MR) is 76.4 cm³/mol. The van der Waals surface area contributed by atoms with Crippen LogP contribution in [-0.4, -0.2) is 30.3 Å². The summed E-state index contributed by atoms with van der Waals surface area (Å²) in [5, 5.41) is 0. The molecular weight excluding hydrogens is 214 g/mol. The highest BCUT2D eigenvalue weighted by Gasteiger charge is 2.31. The zero-order chi connectivity index (χ0) is 12.0. The van der Waals surface area contributed by atoms with Gasteiger partial charge in [0.2, 0.25) is 0 Å². The van der Waals surface area contributed by atoms with Crippen LogP contribution in [0.1, 0.15) is 58.8 Å². The minimum absolute atomic E-state index is 0.498. The summed E-state index contributed by atoms with van der Waals surface area (Å²) >= 11 is 4.64. The van der Waals surface area contributed by atoms with Gasteiger partial charge < -0.3 is 4.90 Å². The first-order chi connectivity index (χ1) is 7.63. The number of hydrogen-bond donors (Lipinski definition) is 1. The average molecular weight is 243 g/mol. The second-order valence-electron chi connectivity index (χ2n) is 5.74. The second-order valence-corrected chi connectivity index (χ2v) is 6.06. The van der Waals surface area contributed by atoms with Gasteiger partial charge in [0.15, 0.2) is 0 Å².